The zero-order valence-corrected chi connectivity index (χ0v) is 19.4. The monoisotopic (exact) mass is 694 g/mol. The van der Waals surface area contributed by atoms with Gasteiger partial charge in [0.2, 0.25) is 0 Å². The van der Waals surface area contributed by atoms with Gasteiger partial charge in [-0.2, -0.15) is 43.9 Å². The average molecular weight is 698 g/mol. The SMILES string of the molecule is FC(F)(Cl)C(F)(Br)C(F)(F)C(F)(Cl)C(F)(F)C(F)(Cl)C(F)(F)C(F)(Cl)C(F)(F)C(F)(Cl)Cl. The molecule has 0 N–H and O–H groups in total. The van der Waals surface area contributed by atoms with E-state index < -0.39 is 53.6 Å². The van der Waals surface area contributed by atoms with Crippen molar-refractivity contribution in [3.05, 3.63) is 0 Å². The Kier molecular flexibility index (Phi) is 8.66. The molecule has 0 heterocycles. The van der Waals surface area contributed by atoms with Crippen LogP contribution in [0.15, 0.2) is 0 Å². The minimum absolute atomic E-state index is 0.653. The molecule has 0 amide bonds. The summed E-state index contributed by atoms with van der Waals surface area (Å²) in [6.45, 7) is 0. The minimum Gasteiger partial charge on any atom is -0.216 e. The van der Waals surface area contributed by atoms with Crippen LogP contribution in [0.5, 0.6) is 0 Å². The maximum absolute atomic E-state index is 14.2. The van der Waals surface area contributed by atoms with Crippen LogP contribution in [-0.2, 0) is 0 Å². The second kappa shape index (κ2) is 8.35. The van der Waals surface area contributed by atoms with E-state index in [1.54, 1.807) is 0 Å². The highest BCUT2D eigenvalue weighted by molar-refractivity contribution is 9.10. The van der Waals surface area contributed by atoms with Crippen LogP contribution in [-0.4, -0.2) is 53.6 Å². The molecule has 0 radical (unpaired) electrons. The molecule has 0 rings (SSSR count). The van der Waals surface area contributed by atoms with E-state index in [1.165, 1.54) is 0 Å². The van der Waals surface area contributed by atoms with E-state index in [4.69, 9.17) is 0 Å². The van der Waals surface area contributed by atoms with E-state index in [2.05, 4.69) is 69.6 Å². The molecule has 0 aromatic carbocycles. The summed E-state index contributed by atoms with van der Waals surface area (Å²) in [4.78, 5) is 0. The lowest BCUT2D eigenvalue weighted by molar-refractivity contribution is -0.330. The van der Waals surface area contributed by atoms with Gasteiger partial charge in [0, 0.05) is 0 Å². The zero-order chi connectivity index (χ0) is 27.0. The lowest BCUT2D eigenvalue weighted by Crippen LogP contribution is -2.75. The summed E-state index contributed by atoms with van der Waals surface area (Å²) in [6.07, 6.45) is 0. The van der Waals surface area contributed by atoms with Crippen LogP contribution in [0.1, 0.15) is 0 Å². The van der Waals surface area contributed by atoms with Crippen LogP contribution in [0.2, 0.25) is 0 Å². The molecule has 0 spiro atoms. The Hall–Kier alpha value is 1.17. The Balaban J connectivity index is 7.00. The van der Waals surface area contributed by atoms with Crippen molar-refractivity contribution in [2.75, 3.05) is 0 Å². The molecule has 0 saturated heterocycles. The van der Waals surface area contributed by atoms with Crippen molar-refractivity contribution in [3.63, 3.8) is 0 Å². The zero-order valence-electron chi connectivity index (χ0n) is 13.3. The van der Waals surface area contributed by atoms with Crippen molar-refractivity contribution in [2.45, 2.75) is 53.6 Å². The van der Waals surface area contributed by atoms with Crippen LogP contribution in [0.25, 0.3) is 0 Å². The van der Waals surface area contributed by atoms with E-state index in [1.807, 2.05) is 0 Å². The molecule has 0 bridgehead atoms. The van der Waals surface area contributed by atoms with Gasteiger partial charge in [0.1, 0.15) is 0 Å². The Morgan fingerprint density at radius 2 is 0.594 bits per heavy atom. The van der Waals surface area contributed by atoms with Crippen LogP contribution in [0.4, 0.5) is 65.9 Å². The molecule has 194 valence electrons. The molecular weight excluding hydrogens is 698 g/mol. The van der Waals surface area contributed by atoms with Crippen LogP contribution < -0.4 is 0 Å². The van der Waals surface area contributed by atoms with Crippen molar-refractivity contribution in [1.29, 1.82) is 0 Å². The second-order valence-corrected chi connectivity index (χ2v) is 9.96. The van der Waals surface area contributed by atoms with Crippen molar-refractivity contribution < 1.29 is 65.9 Å². The number of hydrogen-bond acceptors (Lipinski definition) is 0. The maximum Gasteiger partial charge on any atom is 0.371 e. The third-order valence-electron chi connectivity index (χ3n) is 3.47. The summed E-state index contributed by atoms with van der Waals surface area (Å²) in [5.74, 6) is -29.5. The lowest BCUT2D eigenvalue weighted by atomic mass is 9.91. The van der Waals surface area contributed by atoms with Gasteiger partial charge < -0.3 is 0 Å². The predicted molar refractivity (Wildman–Crippen MR) is 88.0 cm³/mol. The third kappa shape index (κ3) is 4.20. The molecule has 4 atom stereocenters. The molecule has 0 aromatic rings. The summed E-state index contributed by atoms with van der Waals surface area (Å²) in [6, 6.07) is 0. The molecule has 4 unspecified atom stereocenters. The molecule has 0 aliphatic carbocycles. The quantitative estimate of drug-likeness (QED) is 0.167. The smallest absolute Gasteiger partial charge is 0.216 e. The average Bonchev–Trinajstić information content (AvgIpc) is 2.51. The van der Waals surface area contributed by atoms with E-state index in [0.717, 1.165) is 0 Å². The molecule has 22 heteroatoms. The van der Waals surface area contributed by atoms with Gasteiger partial charge in [-0.1, -0.05) is 58.0 Å². The lowest BCUT2D eigenvalue weighted by Gasteiger charge is -2.47. The van der Waals surface area contributed by atoms with Gasteiger partial charge >= 0.3 is 53.6 Å². The first kappa shape index (κ1) is 33.2. The topological polar surface area (TPSA) is 0 Å². The first-order valence-electron chi connectivity index (χ1n) is 6.41. The normalized spacial score (nSPS) is 23.1. The number of halogens is 22. The fraction of sp³-hybridized carbons (Fsp3) is 1.00. The number of hydrogen-bond donors (Lipinski definition) is 0. The van der Waals surface area contributed by atoms with Gasteiger partial charge in [0.15, 0.2) is 0 Å². The first-order valence-corrected chi connectivity index (χ1v) is 9.47. The molecule has 0 aliphatic rings. The van der Waals surface area contributed by atoms with Gasteiger partial charge in [-0.05, 0) is 27.5 Å². The number of rotatable bonds is 9. The van der Waals surface area contributed by atoms with Crippen LogP contribution in [0, 0.1) is 0 Å². The summed E-state index contributed by atoms with van der Waals surface area (Å²) in [5.41, 5.74) is 0. The molecule has 0 fully saturated rings. The van der Waals surface area contributed by atoms with Crippen molar-refractivity contribution >= 4 is 85.5 Å². The first-order chi connectivity index (χ1) is 13.2. The van der Waals surface area contributed by atoms with E-state index in [0.29, 0.717) is 15.9 Å². The van der Waals surface area contributed by atoms with Gasteiger partial charge in [0.05, 0.1) is 0 Å². The second-order valence-electron chi connectivity index (χ2n) is 5.59. The molecule has 0 aliphatic heterocycles. The molecule has 0 nitrogen and oxygen atoms in total. The van der Waals surface area contributed by atoms with E-state index in [9.17, 15) is 65.9 Å². The number of alkyl halides is 22. The van der Waals surface area contributed by atoms with Crippen LogP contribution in [0.3, 0.4) is 0 Å². The summed E-state index contributed by atoms with van der Waals surface area (Å²) >= 11 is 24.2. The Morgan fingerprint density at radius 1 is 0.375 bits per heavy atom. The van der Waals surface area contributed by atoms with E-state index in [-0.39, 0.29) is 0 Å². The largest absolute Gasteiger partial charge is 0.371 e. The molecule has 0 saturated carbocycles. The van der Waals surface area contributed by atoms with Gasteiger partial charge in [-0.15, -0.1) is 0 Å². The fourth-order valence-corrected chi connectivity index (χ4v) is 3.28. The highest BCUT2D eigenvalue weighted by Crippen LogP contribution is 2.68. The highest BCUT2D eigenvalue weighted by atomic mass is 79.9. The van der Waals surface area contributed by atoms with Gasteiger partial charge in [0.25, 0.3) is 0 Å². The molecule has 32 heavy (non-hydrogen) atoms. The van der Waals surface area contributed by atoms with E-state index >= 15 is 0 Å². The van der Waals surface area contributed by atoms with Crippen LogP contribution >= 0.6 is 85.5 Å². The minimum atomic E-state index is -7.75. The predicted octanol–water partition coefficient (Wildman–Crippen LogP) is 9.23. The molecular formula is C10BrCl6F15. The Labute approximate surface area is 204 Å². The molecule has 0 aromatic heterocycles. The Morgan fingerprint density at radius 3 is 0.812 bits per heavy atom. The standard InChI is InChI=1S/C10BrCl6F15/c11-1(18,10(17,31)32)5(22,23)2(12,19)6(24,25)3(13,20)7(26,27)4(14,21)8(28,29)9(15,16)30. The summed E-state index contributed by atoms with van der Waals surface area (Å²) < 4.78 is 193. The van der Waals surface area contributed by atoms with Crippen molar-refractivity contribution in [3.8, 4) is 0 Å². The summed E-state index contributed by atoms with van der Waals surface area (Å²) in [7, 11) is 0. The van der Waals surface area contributed by atoms with Gasteiger partial charge in [-0.25, -0.2) is 22.0 Å². The van der Waals surface area contributed by atoms with Gasteiger partial charge in [-0.3, -0.25) is 0 Å². The fourth-order valence-electron chi connectivity index (χ4n) is 1.54. The third-order valence-corrected chi connectivity index (χ3v) is 6.86. The maximum atomic E-state index is 14.2. The summed E-state index contributed by atoms with van der Waals surface area (Å²) in [5, 5.41) is -27.6. The van der Waals surface area contributed by atoms with Crippen molar-refractivity contribution in [2.24, 2.45) is 0 Å². The highest BCUT2D eigenvalue weighted by Gasteiger charge is 2.94. The van der Waals surface area contributed by atoms with Crippen molar-refractivity contribution in [1.82, 2.24) is 0 Å². The Bertz CT molecular complexity index is 650.